The lowest BCUT2D eigenvalue weighted by atomic mass is 10.1. The molecule has 0 radical (unpaired) electrons. The van der Waals surface area contributed by atoms with Gasteiger partial charge >= 0.3 is 0 Å². The number of nitriles is 1. The van der Waals surface area contributed by atoms with E-state index in [0.717, 1.165) is 4.47 Å². The minimum Gasteiger partial charge on any atom is -0.490 e. The third-order valence-electron chi connectivity index (χ3n) is 2.02. The van der Waals surface area contributed by atoms with Crippen molar-refractivity contribution in [2.45, 2.75) is 20.0 Å². The van der Waals surface area contributed by atoms with Crippen LogP contribution in [0.15, 0.2) is 28.2 Å². The van der Waals surface area contributed by atoms with E-state index in [2.05, 4.69) is 15.9 Å². The maximum absolute atomic E-state index is 11.0. The van der Waals surface area contributed by atoms with Crippen LogP contribution in [0, 0.1) is 11.3 Å². The second-order valence-corrected chi connectivity index (χ2v) is 4.80. The SMILES string of the molecule is CC(C)Oc1ccc(Br)cc1/C=C(\C#N)C(N)=O. The number of primary amides is 1. The molecule has 0 spiro atoms. The highest BCUT2D eigenvalue weighted by Gasteiger charge is 2.09. The number of hydrogen-bond acceptors (Lipinski definition) is 3. The number of carbonyl (C=O) groups excluding carboxylic acids is 1. The number of hydrogen-bond donors (Lipinski definition) is 1. The molecule has 0 unspecified atom stereocenters. The summed E-state index contributed by atoms with van der Waals surface area (Å²) in [5.41, 5.74) is 5.63. The molecular formula is C13H13BrN2O2. The number of ether oxygens (including phenoxy) is 1. The molecule has 0 bridgehead atoms. The van der Waals surface area contributed by atoms with E-state index in [0.29, 0.717) is 11.3 Å². The molecule has 0 saturated carbocycles. The molecular weight excluding hydrogens is 296 g/mol. The van der Waals surface area contributed by atoms with Crippen LogP contribution >= 0.6 is 15.9 Å². The van der Waals surface area contributed by atoms with Crippen LogP contribution in [0.5, 0.6) is 5.75 Å². The van der Waals surface area contributed by atoms with Crippen LogP contribution in [-0.4, -0.2) is 12.0 Å². The van der Waals surface area contributed by atoms with Gasteiger partial charge in [0.25, 0.3) is 5.91 Å². The van der Waals surface area contributed by atoms with Crippen LogP contribution in [0.25, 0.3) is 6.08 Å². The molecule has 5 heteroatoms. The summed E-state index contributed by atoms with van der Waals surface area (Å²) in [5, 5.41) is 8.83. The molecule has 0 atom stereocenters. The van der Waals surface area contributed by atoms with Crippen molar-refractivity contribution in [3.63, 3.8) is 0 Å². The third kappa shape index (κ3) is 3.90. The molecule has 0 heterocycles. The van der Waals surface area contributed by atoms with Gasteiger partial charge in [-0.3, -0.25) is 4.79 Å². The molecule has 1 rings (SSSR count). The first-order valence-corrected chi connectivity index (χ1v) is 6.11. The van der Waals surface area contributed by atoms with Crippen molar-refractivity contribution in [1.82, 2.24) is 0 Å². The van der Waals surface area contributed by atoms with Crippen LogP contribution in [0.3, 0.4) is 0 Å². The monoisotopic (exact) mass is 308 g/mol. The summed E-state index contributed by atoms with van der Waals surface area (Å²) in [4.78, 5) is 11.0. The van der Waals surface area contributed by atoms with Gasteiger partial charge < -0.3 is 10.5 Å². The quantitative estimate of drug-likeness (QED) is 0.686. The van der Waals surface area contributed by atoms with Gasteiger partial charge in [0.05, 0.1) is 6.10 Å². The Bertz CT molecular complexity index is 530. The Labute approximate surface area is 114 Å². The van der Waals surface area contributed by atoms with E-state index in [4.69, 9.17) is 15.7 Å². The van der Waals surface area contributed by atoms with Gasteiger partial charge in [0.1, 0.15) is 17.4 Å². The fourth-order valence-electron chi connectivity index (χ4n) is 1.31. The molecule has 94 valence electrons. The Morgan fingerprint density at radius 3 is 2.72 bits per heavy atom. The largest absolute Gasteiger partial charge is 0.490 e. The average Bonchev–Trinajstić information content (AvgIpc) is 2.28. The predicted molar refractivity (Wildman–Crippen MR) is 72.7 cm³/mol. The minimum absolute atomic E-state index is 0.00237. The van der Waals surface area contributed by atoms with E-state index in [1.165, 1.54) is 6.08 Å². The first-order chi connectivity index (χ1) is 8.43. The summed E-state index contributed by atoms with van der Waals surface area (Å²) in [7, 11) is 0. The van der Waals surface area contributed by atoms with Crippen molar-refractivity contribution in [2.24, 2.45) is 5.73 Å². The number of carbonyl (C=O) groups is 1. The molecule has 1 amide bonds. The Hall–Kier alpha value is -1.80. The van der Waals surface area contributed by atoms with Crippen LogP contribution < -0.4 is 10.5 Å². The van der Waals surface area contributed by atoms with Crippen molar-refractivity contribution in [2.75, 3.05) is 0 Å². The first-order valence-electron chi connectivity index (χ1n) is 5.32. The Kier molecular flexibility index (Phi) is 4.93. The molecule has 1 aromatic rings. The summed E-state index contributed by atoms with van der Waals surface area (Å²) < 4.78 is 6.42. The van der Waals surface area contributed by atoms with E-state index in [1.807, 2.05) is 19.9 Å². The van der Waals surface area contributed by atoms with E-state index < -0.39 is 5.91 Å². The van der Waals surface area contributed by atoms with Gasteiger partial charge in [-0.25, -0.2) is 0 Å². The summed E-state index contributed by atoms with van der Waals surface area (Å²) in [6.07, 6.45) is 1.42. The smallest absolute Gasteiger partial charge is 0.259 e. The van der Waals surface area contributed by atoms with Gasteiger partial charge in [-0.05, 0) is 38.1 Å². The van der Waals surface area contributed by atoms with Crippen molar-refractivity contribution < 1.29 is 9.53 Å². The average molecular weight is 309 g/mol. The molecule has 18 heavy (non-hydrogen) atoms. The van der Waals surface area contributed by atoms with Crippen LogP contribution in [0.4, 0.5) is 0 Å². The fraction of sp³-hybridized carbons (Fsp3) is 0.231. The number of benzene rings is 1. The van der Waals surface area contributed by atoms with E-state index in [9.17, 15) is 4.79 Å². The predicted octanol–water partition coefficient (Wildman–Crippen LogP) is 2.63. The zero-order chi connectivity index (χ0) is 13.7. The number of nitrogens with two attached hydrogens (primary N) is 1. The molecule has 0 fully saturated rings. The van der Waals surface area contributed by atoms with Gasteiger partial charge in [0, 0.05) is 10.0 Å². The molecule has 2 N–H and O–H groups in total. The second-order valence-electron chi connectivity index (χ2n) is 3.88. The van der Waals surface area contributed by atoms with Crippen molar-refractivity contribution >= 4 is 27.9 Å². The Balaban J connectivity index is 3.25. The number of halogens is 1. The van der Waals surface area contributed by atoms with Gasteiger partial charge in [-0.15, -0.1) is 0 Å². The molecule has 0 aliphatic carbocycles. The highest BCUT2D eigenvalue weighted by Crippen LogP contribution is 2.26. The zero-order valence-electron chi connectivity index (χ0n) is 10.1. The third-order valence-corrected chi connectivity index (χ3v) is 2.51. The summed E-state index contributed by atoms with van der Waals surface area (Å²) in [5.74, 6) is -0.157. The molecule has 0 saturated heterocycles. The standard InChI is InChI=1S/C13H13BrN2O2/c1-8(2)18-12-4-3-11(14)6-9(12)5-10(7-15)13(16)17/h3-6,8H,1-2H3,(H2,16,17)/b10-5+. The molecule has 0 aromatic heterocycles. The number of rotatable bonds is 4. The lowest BCUT2D eigenvalue weighted by Gasteiger charge is -2.12. The molecule has 1 aromatic carbocycles. The minimum atomic E-state index is -0.757. The maximum atomic E-state index is 11.0. The van der Waals surface area contributed by atoms with Crippen molar-refractivity contribution in [3.8, 4) is 11.8 Å². The Morgan fingerprint density at radius 2 is 2.22 bits per heavy atom. The molecule has 4 nitrogen and oxygen atoms in total. The lowest BCUT2D eigenvalue weighted by Crippen LogP contribution is -2.12. The van der Waals surface area contributed by atoms with E-state index in [1.54, 1.807) is 18.2 Å². The zero-order valence-corrected chi connectivity index (χ0v) is 11.7. The van der Waals surface area contributed by atoms with E-state index in [-0.39, 0.29) is 11.7 Å². The maximum Gasteiger partial charge on any atom is 0.259 e. The van der Waals surface area contributed by atoms with Gasteiger partial charge in [0.15, 0.2) is 0 Å². The highest BCUT2D eigenvalue weighted by atomic mass is 79.9. The fourth-order valence-corrected chi connectivity index (χ4v) is 1.69. The summed E-state index contributed by atoms with van der Waals surface area (Å²) >= 11 is 3.33. The highest BCUT2D eigenvalue weighted by molar-refractivity contribution is 9.10. The topological polar surface area (TPSA) is 76.1 Å². The van der Waals surface area contributed by atoms with Crippen molar-refractivity contribution in [3.05, 3.63) is 33.8 Å². The van der Waals surface area contributed by atoms with Crippen LogP contribution in [-0.2, 0) is 4.79 Å². The number of nitrogens with zero attached hydrogens (tertiary/aromatic N) is 1. The van der Waals surface area contributed by atoms with Gasteiger partial charge in [-0.2, -0.15) is 5.26 Å². The lowest BCUT2D eigenvalue weighted by molar-refractivity contribution is -0.114. The van der Waals surface area contributed by atoms with Gasteiger partial charge in [0.2, 0.25) is 0 Å². The summed E-state index contributed by atoms with van der Waals surface area (Å²) in [6.45, 7) is 3.80. The van der Waals surface area contributed by atoms with Crippen LogP contribution in [0.2, 0.25) is 0 Å². The van der Waals surface area contributed by atoms with Crippen molar-refractivity contribution in [1.29, 1.82) is 5.26 Å². The van der Waals surface area contributed by atoms with Crippen LogP contribution in [0.1, 0.15) is 19.4 Å². The number of amides is 1. The summed E-state index contributed by atoms with van der Waals surface area (Å²) in [6, 6.07) is 7.12. The Morgan fingerprint density at radius 1 is 1.56 bits per heavy atom. The molecule has 0 aliphatic rings. The second kappa shape index (κ2) is 6.22. The normalized spacial score (nSPS) is 11.2. The first kappa shape index (κ1) is 14.3. The molecule has 0 aliphatic heterocycles. The van der Waals surface area contributed by atoms with E-state index >= 15 is 0 Å². The van der Waals surface area contributed by atoms with Gasteiger partial charge in [-0.1, -0.05) is 15.9 Å².